The summed E-state index contributed by atoms with van der Waals surface area (Å²) in [5, 5.41) is 0. The van der Waals surface area contributed by atoms with Crippen molar-refractivity contribution in [2.45, 2.75) is 19.4 Å². The third-order valence-corrected chi connectivity index (χ3v) is 3.65. The summed E-state index contributed by atoms with van der Waals surface area (Å²) in [6.07, 6.45) is 1.06. The first-order valence-corrected chi connectivity index (χ1v) is 6.56. The highest BCUT2D eigenvalue weighted by Crippen LogP contribution is 2.25. The number of halogens is 1. The number of hydrogen-bond acceptors (Lipinski definition) is 3. The normalized spacial score (nSPS) is 20.9. The predicted molar refractivity (Wildman–Crippen MR) is 71.2 cm³/mol. The highest BCUT2D eigenvalue weighted by molar-refractivity contribution is 5.47. The van der Waals surface area contributed by atoms with E-state index in [1.807, 2.05) is 12.1 Å². The largest absolute Gasteiger partial charge is 0.381 e. The lowest BCUT2D eigenvalue weighted by molar-refractivity contribution is 0.180. The molecule has 1 aromatic rings. The smallest absolute Gasteiger partial charge is 0.123 e. The maximum absolute atomic E-state index is 13.0. The first-order valence-electron chi connectivity index (χ1n) is 6.56. The Morgan fingerprint density at radius 1 is 1.44 bits per heavy atom. The molecule has 2 atom stereocenters. The molecular weight excluding hydrogens is 231 g/mol. The summed E-state index contributed by atoms with van der Waals surface area (Å²) in [5.74, 6) is 0.267. The minimum absolute atomic E-state index is 0.205. The molecular formula is C14H21FN2O. The van der Waals surface area contributed by atoms with Crippen LogP contribution in [0.4, 0.5) is 10.1 Å². The van der Waals surface area contributed by atoms with E-state index in [1.165, 1.54) is 12.1 Å². The Labute approximate surface area is 108 Å². The number of nitrogens with two attached hydrogens (primary N) is 1. The fraction of sp³-hybridized carbons (Fsp3) is 0.571. The lowest BCUT2D eigenvalue weighted by atomic mass is 9.97. The van der Waals surface area contributed by atoms with E-state index < -0.39 is 0 Å². The number of nitrogens with zero attached hydrogens (tertiary/aromatic N) is 1. The molecule has 0 spiro atoms. The van der Waals surface area contributed by atoms with E-state index in [0.717, 1.165) is 31.9 Å². The van der Waals surface area contributed by atoms with Crippen molar-refractivity contribution < 1.29 is 9.13 Å². The van der Waals surface area contributed by atoms with Crippen LogP contribution in [-0.2, 0) is 4.74 Å². The maximum Gasteiger partial charge on any atom is 0.123 e. The van der Waals surface area contributed by atoms with Gasteiger partial charge in [-0.2, -0.15) is 0 Å². The average Bonchev–Trinajstić information content (AvgIpc) is 2.91. The van der Waals surface area contributed by atoms with Crippen LogP contribution < -0.4 is 10.6 Å². The second-order valence-electron chi connectivity index (χ2n) is 4.69. The van der Waals surface area contributed by atoms with Gasteiger partial charge in [-0.05, 0) is 37.6 Å². The van der Waals surface area contributed by atoms with Gasteiger partial charge in [0.1, 0.15) is 5.82 Å². The molecule has 0 aliphatic carbocycles. The molecule has 2 N–H and O–H groups in total. The highest BCUT2D eigenvalue weighted by atomic mass is 19.1. The molecule has 3 nitrogen and oxygen atoms in total. The molecule has 1 aliphatic heterocycles. The second kappa shape index (κ2) is 6.16. The minimum atomic E-state index is -0.205. The fourth-order valence-corrected chi connectivity index (χ4v) is 2.67. The lowest BCUT2D eigenvalue weighted by Gasteiger charge is -2.35. The SMILES string of the molecule is CCN(c1ccc(F)cc1)C(CN)C1CCOC1. The molecule has 1 aliphatic rings. The van der Waals surface area contributed by atoms with Crippen LogP contribution >= 0.6 is 0 Å². The van der Waals surface area contributed by atoms with E-state index in [2.05, 4.69) is 11.8 Å². The first-order chi connectivity index (χ1) is 8.76. The average molecular weight is 252 g/mol. The third-order valence-electron chi connectivity index (χ3n) is 3.65. The van der Waals surface area contributed by atoms with Crippen molar-refractivity contribution >= 4 is 5.69 Å². The van der Waals surface area contributed by atoms with Crippen LogP contribution in [0.2, 0.25) is 0 Å². The zero-order valence-corrected chi connectivity index (χ0v) is 10.8. The van der Waals surface area contributed by atoms with Gasteiger partial charge in [-0.15, -0.1) is 0 Å². The summed E-state index contributed by atoms with van der Waals surface area (Å²) in [5.41, 5.74) is 6.95. The molecule has 0 aromatic heterocycles. The van der Waals surface area contributed by atoms with E-state index in [9.17, 15) is 4.39 Å². The van der Waals surface area contributed by atoms with Crippen molar-refractivity contribution in [3.63, 3.8) is 0 Å². The zero-order valence-electron chi connectivity index (χ0n) is 10.8. The molecule has 2 rings (SSSR count). The van der Waals surface area contributed by atoms with Crippen molar-refractivity contribution in [2.24, 2.45) is 11.7 Å². The van der Waals surface area contributed by atoms with Gasteiger partial charge in [0.25, 0.3) is 0 Å². The van der Waals surface area contributed by atoms with Gasteiger partial charge in [0.15, 0.2) is 0 Å². The van der Waals surface area contributed by atoms with Gasteiger partial charge in [0.05, 0.1) is 6.61 Å². The Hall–Kier alpha value is -1.13. The van der Waals surface area contributed by atoms with Crippen LogP contribution in [0.3, 0.4) is 0 Å². The zero-order chi connectivity index (χ0) is 13.0. The monoisotopic (exact) mass is 252 g/mol. The Bertz CT molecular complexity index is 363. The van der Waals surface area contributed by atoms with Gasteiger partial charge in [-0.25, -0.2) is 4.39 Å². The van der Waals surface area contributed by atoms with E-state index in [-0.39, 0.29) is 11.9 Å². The van der Waals surface area contributed by atoms with Crippen LogP contribution in [0.1, 0.15) is 13.3 Å². The number of benzene rings is 1. The van der Waals surface area contributed by atoms with E-state index in [4.69, 9.17) is 10.5 Å². The maximum atomic E-state index is 13.0. The topological polar surface area (TPSA) is 38.5 Å². The molecule has 0 saturated carbocycles. The minimum Gasteiger partial charge on any atom is -0.381 e. The molecule has 1 fully saturated rings. The number of anilines is 1. The Kier molecular flexibility index (Phi) is 4.55. The van der Waals surface area contributed by atoms with Crippen LogP contribution in [-0.4, -0.2) is 32.3 Å². The van der Waals surface area contributed by atoms with Gasteiger partial charge in [-0.3, -0.25) is 0 Å². The number of ether oxygens (including phenoxy) is 1. The molecule has 0 amide bonds. The van der Waals surface area contributed by atoms with Crippen molar-refractivity contribution in [2.75, 3.05) is 31.2 Å². The summed E-state index contributed by atoms with van der Waals surface area (Å²) < 4.78 is 18.4. The summed E-state index contributed by atoms with van der Waals surface area (Å²) in [4.78, 5) is 2.25. The quantitative estimate of drug-likeness (QED) is 0.871. The molecule has 1 heterocycles. The van der Waals surface area contributed by atoms with Gasteiger partial charge >= 0.3 is 0 Å². The van der Waals surface area contributed by atoms with Crippen molar-refractivity contribution in [1.82, 2.24) is 0 Å². The van der Waals surface area contributed by atoms with Crippen molar-refractivity contribution in [3.05, 3.63) is 30.1 Å². The Morgan fingerprint density at radius 2 is 2.17 bits per heavy atom. The van der Waals surface area contributed by atoms with Gasteiger partial charge in [0.2, 0.25) is 0 Å². The molecule has 2 unspecified atom stereocenters. The molecule has 1 aromatic carbocycles. The molecule has 100 valence electrons. The summed E-state index contributed by atoms with van der Waals surface area (Å²) in [6.45, 7) is 5.16. The fourth-order valence-electron chi connectivity index (χ4n) is 2.67. The summed E-state index contributed by atoms with van der Waals surface area (Å²) in [7, 11) is 0. The third kappa shape index (κ3) is 2.82. The molecule has 0 radical (unpaired) electrons. The van der Waals surface area contributed by atoms with Crippen molar-refractivity contribution in [1.29, 1.82) is 0 Å². The van der Waals surface area contributed by atoms with Crippen LogP contribution in [0.5, 0.6) is 0 Å². The van der Waals surface area contributed by atoms with Crippen LogP contribution in [0.25, 0.3) is 0 Å². The van der Waals surface area contributed by atoms with Crippen molar-refractivity contribution in [3.8, 4) is 0 Å². The molecule has 1 saturated heterocycles. The molecule has 4 heteroatoms. The summed E-state index contributed by atoms with van der Waals surface area (Å²) in [6, 6.07) is 6.89. The van der Waals surface area contributed by atoms with Crippen LogP contribution in [0.15, 0.2) is 24.3 Å². The Morgan fingerprint density at radius 3 is 2.67 bits per heavy atom. The van der Waals surface area contributed by atoms with Crippen LogP contribution in [0, 0.1) is 11.7 Å². The Balaban J connectivity index is 2.17. The van der Waals surface area contributed by atoms with E-state index >= 15 is 0 Å². The predicted octanol–water partition coefficient (Wildman–Crippen LogP) is 2.02. The highest BCUT2D eigenvalue weighted by Gasteiger charge is 2.29. The lowest BCUT2D eigenvalue weighted by Crippen LogP contribution is -2.46. The molecule has 0 bridgehead atoms. The standard InChI is InChI=1S/C14H21FN2O/c1-2-17(13-5-3-12(15)4-6-13)14(9-16)11-7-8-18-10-11/h3-6,11,14H,2,7-10,16H2,1H3. The number of hydrogen-bond donors (Lipinski definition) is 1. The first kappa shape index (κ1) is 13.3. The number of likely N-dealkylation sites (N-methyl/N-ethyl adjacent to an activating group) is 1. The van der Waals surface area contributed by atoms with Gasteiger partial charge in [-0.1, -0.05) is 0 Å². The second-order valence-corrected chi connectivity index (χ2v) is 4.69. The van der Waals surface area contributed by atoms with E-state index in [1.54, 1.807) is 0 Å². The molecule has 18 heavy (non-hydrogen) atoms. The van der Waals surface area contributed by atoms with Gasteiger partial charge in [0, 0.05) is 37.3 Å². The van der Waals surface area contributed by atoms with Gasteiger partial charge < -0.3 is 15.4 Å². The summed E-state index contributed by atoms with van der Waals surface area (Å²) >= 11 is 0. The number of rotatable bonds is 5. The van der Waals surface area contributed by atoms with E-state index in [0.29, 0.717) is 12.5 Å².